The van der Waals surface area contributed by atoms with E-state index in [-0.39, 0.29) is 17.9 Å². The summed E-state index contributed by atoms with van der Waals surface area (Å²) in [6.45, 7) is 5.81. The lowest BCUT2D eigenvalue weighted by atomic mass is 10.1. The maximum absolute atomic E-state index is 12.7. The third kappa shape index (κ3) is 6.55. The molecule has 1 aliphatic heterocycles. The summed E-state index contributed by atoms with van der Waals surface area (Å²) in [6.07, 6.45) is 3.54. The minimum atomic E-state index is 0.0835. The first-order valence-electron chi connectivity index (χ1n) is 12.8. The Morgan fingerprint density at radius 1 is 0.944 bits per heavy atom. The van der Waals surface area contributed by atoms with Gasteiger partial charge < -0.3 is 9.80 Å². The van der Waals surface area contributed by atoms with E-state index in [1.165, 1.54) is 5.56 Å². The number of hydrogen-bond donors (Lipinski definition) is 0. The Kier molecular flexibility index (Phi) is 9.17. The van der Waals surface area contributed by atoms with Crippen molar-refractivity contribution in [2.24, 2.45) is 0 Å². The third-order valence-electron chi connectivity index (χ3n) is 6.54. The standard InChI is InChI=1S/C28H35N5O2S/c1-3-26(34)32-18-17-31(21-22(32)2)27(35)16-10-11-19-36-28-30-29-25(20-23-12-6-4-7-13-23)33(28)24-14-8-5-9-15-24/h4-9,12-15,22H,3,10-11,16-21H2,1-2H3. The molecule has 0 saturated carbocycles. The number of benzene rings is 2. The molecule has 1 fully saturated rings. The highest BCUT2D eigenvalue weighted by Crippen LogP contribution is 2.24. The number of amides is 2. The average Bonchev–Trinajstić information content (AvgIpc) is 3.31. The topological polar surface area (TPSA) is 71.3 Å². The lowest BCUT2D eigenvalue weighted by molar-refractivity contribution is -0.142. The molecular formula is C28H35N5O2S. The van der Waals surface area contributed by atoms with Crippen molar-refractivity contribution < 1.29 is 9.59 Å². The predicted octanol–water partition coefficient (Wildman–Crippen LogP) is 4.59. The van der Waals surface area contributed by atoms with Gasteiger partial charge in [0.25, 0.3) is 0 Å². The molecule has 36 heavy (non-hydrogen) atoms. The molecule has 0 spiro atoms. The van der Waals surface area contributed by atoms with E-state index in [0.717, 1.165) is 35.3 Å². The number of rotatable bonds is 10. The van der Waals surface area contributed by atoms with Crippen LogP contribution in [0.2, 0.25) is 0 Å². The molecule has 2 amide bonds. The van der Waals surface area contributed by atoms with Crippen LogP contribution < -0.4 is 0 Å². The van der Waals surface area contributed by atoms with Crippen LogP contribution in [0, 0.1) is 0 Å². The molecule has 3 aromatic rings. The second-order valence-corrected chi connectivity index (χ2v) is 10.2. The first-order valence-corrected chi connectivity index (χ1v) is 13.8. The summed E-state index contributed by atoms with van der Waals surface area (Å²) in [5.41, 5.74) is 2.26. The minimum Gasteiger partial charge on any atom is -0.339 e. The lowest BCUT2D eigenvalue weighted by Crippen LogP contribution is -2.55. The Bertz CT molecular complexity index is 1140. The van der Waals surface area contributed by atoms with Crippen LogP contribution in [0.15, 0.2) is 65.8 Å². The number of para-hydroxylation sites is 1. The molecule has 7 nitrogen and oxygen atoms in total. The van der Waals surface area contributed by atoms with Gasteiger partial charge >= 0.3 is 0 Å². The summed E-state index contributed by atoms with van der Waals surface area (Å²) in [5.74, 6) is 2.15. The first kappa shape index (κ1) is 25.9. The van der Waals surface area contributed by atoms with Gasteiger partial charge in [-0.3, -0.25) is 14.2 Å². The third-order valence-corrected chi connectivity index (χ3v) is 7.55. The molecular weight excluding hydrogens is 470 g/mol. The van der Waals surface area contributed by atoms with E-state index in [2.05, 4.69) is 39.0 Å². The highest BCUT2D eigenvalue weighted by molar-refractivity contribution is 7.99. The highest BCUT2D eigenvalue weighted by atomic mass is 32.2. The summed E-state index contributed by atoms with van der Waals surface area (Å²) in [7, 11) is 0. The van der Waals surface area contributed by atoms with Crippen LogP contribution in [-0.4, -0.2) is 67.8 Å². The summed E-state index contributed by atoms with van der Waals surface area (Å²) in [5, 5.41) is 9.89. The van der Waals surface area contributed by atoms with E-state index in [4.69, 9.17) is 0 Å². The lowest BCUT2D eigenvalue weighted by Gasteiger charge is -2.40. The zero-order valence-corrected chi connectivity index (χ0v) is 22.0. The molecule has 0 radical (unpaired) electrons. The summed E-state index contributed by atoms with van der Waals surface area (Å²) >= 11 is 1.69. The van der Waals surface area contributed by atoms with Gasteiger partial charge in [0.05, 0.1) is 0 Å². The van der Waals surface area contributed by atoms with Crippen LogP contribution in [0.25, 0.3) is 5.69 Å². The van der Waals surface area contributed by atoms with E-state index >= 15 is 0 Å². The van der Waals surface area contributed by atoms with E-state index in [0.29, 0.717) is 38.9 Å². The van der Waals surface area contributed by atoms with Crippen molar-refractivity contribution in [3.8, 4) is 5.69 Å². The van der Waals surface area contributed by atoms with Crippen molar-refractivity contribution >= 4 is 23.6 Å². The minimum absolute atomic E-state index is 0.0835. The summed E-state index contributed by atoms with van der Waals surface area (Å²) < 4.78 is 2.14. The maximum Gasteiger partial charge on any atom is 0.222 e. The van der Waals surface area contributed by atoms with Gasteiger partial charge in [-0.2, -0.15) is 0 Å². The molecule has 8 heteroatoms. The van der Waals surface area contributed by atoms with Gasteiger partial charge in [-0.15, -0.1) is 10.2 Å². The van der Waals surface area contributed by atoms with E-state index in [9.17, 15) is 9.59 Å². The van der Waals surface area contributed by atoms with Crippen molar-refractivity contribution in [3.05, 3.63) is 72.1 Å². The van der Waals surface area contributed by atoms with E-state index < -0.39 is 0 Å². The van der Waals surface area contributed by atoms with Gasteiger partial charge in [-0.25, -0.2) is 0 Å². The number of hydrogen-bond acceptors (Lipinski definition) is 5. The van der Waals surface area contributed by atoms with Crippen molar-refractivity contribution in [1.29, 1.82) is 0 Å². The normalized spacial score (nSPS) is 15.8. The zero-order chi connectivity index (χ0) is 25.3. The number of carbonyl (C=O) groups is 2. The van der Waals surface area contributed by atoms with Crippen LogP contribution in [0.4, 0.5) is 0 Å². The molecule has 1 saturated heterocycles. The fraction of sp³-hybridized carbons (Fsp3) is 0.429. The van der Waals surface area contributed by atoms with E-state index in [1.807, 2.05) is 60.0 Å². The summed E-state index contributed by atoms with van der Waals surface area (Å²) in [4.78, 5) is 28.6. The Morgan fingerprint density at radius 3 is 2.36 bits per heavy atom. The number of carbonyl (C=O) groups excluding carboxylic acids is 2. The monoisotopic (exact) mass is 505 g/mol. The van der Waals surface area contributed by atoms with Gasteiger partial charge in [0.1, 0.15) is 5.82 Å². The highest BCUT2D eigenvalue weighted by Gasteiger charge is 2.28. The first-order chi connectivity index (χ1) is 17.6. The van der Waals surface area contributed by atoms with E-state index in [1.54, 1.807) is 11.8 Å². The van der Waals surface area contributed by atoms with Crippen molar-refractivity contribution in [2.45, 2.75) is 57.1 Å². The quantitative estimate of drug-likeness (QED) is 0.298. The number of thioether (sulfide) groups is 1. The predicted molar refractivity (Wildman–Crippen MR) is 143 cm³/mol. The van der Waals surface area contributed by atoms with Gasteiger partial charge in [0.2, 0.25) is 11.8 Å². The Hall–Kier alpha value is -3.13. The molecule has 0 N–H and O–H groups in total. The largest absolute Gasteiger partial charge is 0.339 e. The molecule has 0 aliphatic carbocycles. The molecule has 1 atom stereocenters. The van der Waals surface area contributed by atoms with Gasteiger partial charge in [-0.05, 0) is 37.5 Å². The smallest absolute Gasteiger partial charge is 0.222 e. The number of piperazine rings is 1. The zero-order valence-electron chi connectivity index (χ0n) is 21.2. The maximum atomic E-state index is 12.7. The number of nitrogens with zero attached hydrogens (tertiary/aromatic N) is 5. The average molecular weight is 506 g/mol. The van der Waals surface area contributed by atoms with Gasteiger partial charge in [0, 0.05) is 56.4 Å². The Labute approximate surface area is 217 Å². The van der Waals surface area contributed by atoms with Gasteiger partial charge in [0.15, 0.2) is 5.16 Å². The van der Waals surface area contributed by atoms with Crippen molar-refractivity contribution in [1.82, 2.24) is 24.6 Å². The Balaban J connectivity index is 1.29. The summed E-state index contributed by atoms with van der Waals surface area (Å²) in [6, 6.07) is 20.6. The molecule has 2 heterocycles. The fourth-order valence-electron chi connectivity index (χ4n) is 4.58. The SMILES string of the molecule is CCC(=O)N1CCN(C(=O)CCCCSc2nnc(Cc3ccccc3)n2-c2ccccc2)CC1C. The van der Waals surface area contributed by atoms with Crippen molar-refractivity contribution in [3.63, 3.8) is 0 Å². The molecule has 0 bridgehead atoms. The number of unbranched alkanes of at least 4 members (excludes halogenated alkanes) is 1. The van der Waals surface area contributed by atoms with Crippen LogP contribution in [0.3, 0.4) is 0 Å². The van der Waals surface area contributed by atoms with Crippen molar-refractivity contribution in [2.75, 3.05) is 25.4 Å². The molecule has 2 aromatic carbocycles. The van der Waals surface area contributed by atoms with Gasteiger partial charge in [-0.1, -0.05) is 67.2 Å². The van der Waals surface area contributed by atoms with Crippen LogP contribution in [-0.2, 0) is 16.0 Å². The molecule has 4 rings (SSSR count). The second kappa shape index (κ2) is 12.7. The number of aromatic nitrogens is 3. The molecule has 190 valence electrons. The Morgan fingerprint density at radius 2 is 1.67 bits per heavy atom. The van der Waals surface area contributed by atoms with Crippen LogP contribution in [0.1, 0.15) is 50.9 Å². The van der Waals surface area contributed by atoms with Crippen LogP contribution in [0.5, 0.6) is 0 Å². The fourth-order valence-corrected chi connectivity index (χ4v) is 5.55. The molecule has 1 aromatic heterocycles. The second-order valence-electron chi connectivity index (χ2n) is 9.17. The van der Waals surface area contributed by atoms with Crippen LogP contribution >= 0.6 is 11.8 Å². The molecule has 1 unspecified atom stereocenters. The molecule has 1 aliphatic rings.